The third kappa shape index (κ3) is 2.30. The van der Waals surface area contributed by atoms with Crippen LogP contribution < -0.4 is 5.73 Å². The number of nitrogens with one attached hydrogen (secondary N) is 1. The highest BCUT2D eigenvalue weighted by Gasteiger charge is 2.04. The Kier molecular flexibility index (Phi) is 2.87. The zero-order valence-electron chi connectivity index (χ0n) is 8.87. The largest absolute Gasteiger partial charge is 0.384 e. The number of nitrogens with two attached hydrogens (primary N) is 1. The molecule has 2 aromatic carbocycles. The van der Waals surface area contributed by atoms with Crippen LogP contribution in [0.1, 0.15) is 5.56 Å². The standard InChI is InChI=1S/C13H10F2N2/c14-11-6-5-10(7-12(11)15)8-1-3-9(4-2-8)13(16)17/h1-7H,(H3,16,17). The second-order valence-corrected chi connectivity index (χ2v) is 3.62. The summed E-state index contributed by atoms with van der Waals surface area (Å²) in [6.45, 7) is 0. The van der Waals surface area contributed by atoms with Gasteiger partial charge in [-0.2, -0.15) is 0 Å². The number of benzene rings is 2. The molecule has 0 saturated heterocycles. The Bertz CT molecular complexity index is 562. The first-order chi connectivity index (χ1) is 8.08. The van der Waals surface area contributed by atoms with Gasteiger partial charge in [-0.15, -0.1) is 0 Å². The van der Waals surface area contributed by atoms with Crippen LogP contribution in [0.3, 0.4) is 0 Å². The molecular weight excluding hydrogens is 222 g/mol. The van der Waals surface area contributed by atoms with Crippen LogP contribution in [0, 0.1) is 17.0 Å². The minimum atomic E-state index is -0.877. The zero-order chi connectivity index (χ0) is 12.4. The lowest BCUT2D eigenvalue weighted by Crippen LogP contribution is -2.10. The molecule has 0 fully saturated rings. The van der Waals surface area contributed by atoms with Gasteiger partial charge in [-0.25, -0.2) is 8.78 Å². The molecule has 0 amide bonds. The summed E-state index contributed by atoms with van der Waals surface area (Å²) in [7, 11) is 0. The second-order valence-electron chi connectivity index (χ2n) is 3.62. The first-order valence-electron chi connectivity index (χ1n) is 4.98. The van der Waals surface area contributed by atoms with Crippen LogP contribution in [0.15, 0.2) is 42.5 Å². The molecule has 2 aromatic rings. The minimum Gasteiger partial charge on any atom is -0.384 e. The molecule has 0 saturated carbocycles. The highest BCUT2D eigenvalue weighted by molar-refractivity contribution is 5.95. The number of halogens is 2. The van der Waals surface area contributed by atoms with E-state index in [0.29, 0.717) is 11.1 Å². The van der Waals surface area contributed by atoms with Gasteiger partial charge in [-0.05, 0) is 23.3 Å². The molecule has 0 aromatic heterocycles. The Morgan fingerprint density at radius 2 is 1.47 bits per heavy atom. The first kappa shape index (κ1) is 11.3. The molecule has 0 aliphatic heterocycles. The lowest BCUT2D eigenvalue weighted by molar-refractivity contribution is 0.509. The van der Waals surface area contributed by atoms with Crippen molar-refractivity contribution in [1.29, 1.82) is 5.41 Å². The van der Waals surface area contributed by atoms with Gasteiger partial charge in [-0.3, -0.25) is 5.41 Å². The monoisotopic (exact) mass is 232 g/mol. The summed E-state index contributed by atoms with van der Waals surface area (Å²) >= 11 is 0. The van der Waals surface area contributed by atoms with E-state index in [1.807, 2.05) is 0 Å². The summed E-state index contributed by atoms with van der Waals surface area (Å²) in [6, 6.07) is 10.5. The van der Waals surface area contributed by atoms with E-state index >= 15 is 0 Å². The van der Waals surface area contributed by atoms with Crippen LogP contribution in [-0.4, -0.2) is 5.84 Å². The summed E-state index contributed by atoms with van der Waals surface area (Å²) in [5.41, 5.74) is 7.24. The molecule has 0 unspecified atom stereocenters. The molecule has 4 heteroatoms. The molecule has 2 rings (SSSR count). The first-order valence-corrected chi connectivity index (χ1v) is 4.98. The fraction of sp³-hybridized carbons (Fsp3) is 0. The van der Waals surface area contributed by atoms with E-state index in [4.69, 9.17) is 11.1 Å². The fourth-order valence-electron chi connectivity index (χ4n) is 1.52. The van der Waals surface area contributed by atoms with Crippen LogP contribution >= 0.6 is 0 Å². The Morgan fingerprint density at radius 1 is 0.882 bits per heavy atom. The smallest absolute Gasteiger partial charge is 0.159 e. The lowest BCUT2D eigenvalue weighted by atomic mass is 10.0. The number of hydrogen-bond donors (Lipinski definition) is 2. The normalized spacial score (nSPS) is 10.2. The minimum absolute atomic E-state index is 0.0261. The number of amidine groups is 1. The van der Waals surface area contributed by atoms with Gasteiger partial charge in [0, 0.05) is 5.56 Å². The fourth-order valence-corrected chi connectivity index (χ4v) is 1.52. The van der Waals surface area contributed by atoms with Crippen molar-refractivity contribution in [2.45, 2.75) is 0 Å². The highest BCUT2D eigenvalue weighted by Crippen LogP contribution is 2.21. The molecule has 3 N–H and O–H groups in total. The van der Waals surface area contributed by atoms with Crippen LogP contribution in [0.5, 0.6) is 0 Å². The molecule has 0 heterocycles. The van der Waals surface area contributed by atoms with Crippen molar-refractivity contribution in [3.05, 3.63) is 59.7 Å². The van der Waals surface area contributed by atoms with Crippen molar-refractivity contribution >= 4 is 5.84 Å². The molecule has 86 valence electrons. The topological polar surface area (TPSA) is 49.9 Å². The lowest BCUT2D eigenvalue weighted by Gasteiger charge is -2.04. The van der Waals surface area contributed by atoms with Gasteiger partial charge in [0.1, 0.15) is 5.84 Å². The van der Waals surface area contributed by atoms with Gasteiger partial charge >= 0.3 is 0 Å². The Balaban J connectivity index is 2.39. The summed E-state index contributed by atoms with van der Waals surface area (Å²) < 4.78 is 25.8. The van der Waals surface area contributed by atoms with Crippen LogP contribution in [0.25, 0.3) is 11.1 Å². The summed E-state index contributed by atoms with van der Waals surface area (Å²) in [5, 5.41) is 7.24. The Labute approximate surface area is 97.2 Å². The average molecular weight is 232 g/mol. The van der Waals surface area contributed by atoms with Crippen molar-refractivity contribution in [3.63, 3.8) is 0 Å². The van der Waals surface area contributed by atoms with Gasteiger partial charge in [0.15, 0.2) is 11.6 Å². The van der Waals surface area contributed by atoms with Gasteiger partial charge < -0.3 is 5.73 Å². The van der Waals surface area contributed by atoms with Crippen LogP contribution in [0.4, 0.5) is 8.78 Å². The Hall–Kier alpha value is -2.23. The van der Waals surface area contributed by atoms with Crippen molar-refractivity contribution in [3.8, 4) is 11.1 Å². The summed E-state index contributed by atoms with van der Waals surface area (Å²) in [4.78, 5) is 0. The van der Waals surface area contributed by atoms with Crippen LogP contribution in [0.2, 0.25) is 0 Å². The predicted molar refractivity (Wildman–Crippen MR) is 62.8 cm³/mol. The molecule has 0 spiro atoms. The highest BCUT2D eigenvalue weighted by atomic mass is 19.2. The molecule has 17 heavy (non-hydrogen) atoms. The Morgan fingerprint density at radius 3 is 2.00 bits per heavy atom. The van der Waals surface area contributed by atoms with E-state index in [1.54, 1.807) is 24.3 Å². The molecule has 0 atom stereocenters. The second kappa shape index (κ2) is 4.33. The van der Waals surface area contributed by atoms with Crippen molar-refractivity contribution < 1.29 is 8.78 Å². The van der Waals surface area contributed by atoms with E-state index in [-0.39, 0.29) is 5.84 Å². The van der Waals surface area contributed by atoms with Crippen LogP contribution in [-0.2, 0) is 0 Å². The zero-order valence-corrected chi connectivity index (χ0v) is 8.87. The molecule has 2 nitrogen and oxygen atoms in total. The third-order valence-corrected chi connectivity index (χ3v) is 2.45. The van der Waals surface area contributed by atoms with E-state index in [2.05, 4.69) is 0 Å². The maximum Gasteiger partial charge on any atom is 0.159 e. The quantitative estimate of drug-likeness (QED) is 0.607. The average Bonchev–Trinajstić information content (AvgIpc) is 2.33. The van der Waals surface area contributed by atoms with Gasteiger partial charge in [0.2, 0.25) is 0 Å². The molecule has 0 aliphatic rings. The van der Waals surface area contributed by atoms with Gasteiger partial charge in [-0.1, -0.05) is 30.3 Å². The molecule has 0 radical (unpaired) electrons. The van der Waals surface area contributed by atoms with Crippen molar-refractivity contribution in [1.82, 2.24) is 0 Å². The SMILES string of the molecule is N=C(N)c1ccc(-c2ccc(F)c(F)c2)cc1. The van der Waals surface area contributed by atoms with Crippen molar-refractivity contribution in [2.24, 2.45) is 5.73 Å². The van der Waals surface area contributed by atoms with E-state index in [9.17, 15) is 8.78 Å². The van der Waals surface area contributed by atoms with E-state index in [1.165, 1.54) is 6.07 Å². The third-order valence-electron chi connectivity index (χ3n) is 2.45. The summed E-state index contributed by atoms with van der Waals surface area (Å²) in [6.07, 6.45) is 0. The van der Waals surface area contributed by atoms with E-state index < -0.39 is 11.6 Å². The maximum absolute atomic E-state index is 13.0. The van der Waals surface area contributed by atoms with Gasteiger partial charge in [0.05, 0.1) is 0 Å². The van der Waals surface area contributed by atoms with E-state index in [0.717, 1.165) is 17.7 Å². The molecule has 0 aliphatic carbocycles. The maximum atomic E-state index is 13.0. The molecule has 0 bridgehead atoms. The number of nitrogen functional groups attached to an aromatic ring is 1. The summed E-state index contributed by atoms with van der Waals surface area (Å²) in [5.74, 6) is -1.77. The van der Waals surface area contributed by atoms with Crippen molar-refractivity contribution in [2.75, 3.05) is 0 Å². The molecular formula is C13H10F2N2. The van der Waals surface area contributed by atoms with Gasteiger partial charge in [0.25, 0.3) is 0 Å². The predicted octanol–water partition coefficient (Wildman–Crippen LogP) is 2.92. The number of hydrogen-bond acceptors (Lipinski definition) is 1. The number of rotatable bonds is 2.